The highest BCUT2D eigenvalue weighted by Gasteiger charge is 2.34. The zero-order valence-electron chi connectivity index (χ0n) is 18.8. The Bertz CT molecular complexity index is 997. The molecule has 0 bridgehead atoms. The minimum atomic E-state index is -1.48. The number of methoxy groups -OCH3 is 1. The van der Waals surface area contributed by atoms with Gasteiger partial charge in [0.1, 0.15) is 29.8 Å². The lowest BCUT2D eigenvalue weighted by Gasteiger charge is -2.40. The van der Waals surface area contributed by atoms with Crippen LogP contribution >= 0.6 is 0 Å². The minimum absolute atomic E-state index is 0.125. The number of imidazole rings is 1. The summed E-state index contributed by atoms with van der Waals surface area (Å²) in [6.07, 6.45) is 2.51. The standard InChI is InChI=1S/C22H31F2N5O3/c1-5-7-17(24)20(14(3)23)32-16-11-28(12-16)13-19-26-22(30)18-10-25-21(29(18)27-19)15(6-2)8-9-31-4/h5,7,10,14-16,20H,1,6,8-9,11-13H2,2-4H3,(H,26,27,30). The summed E-state index contributed by atoms with van der Waals surface area (Å²) in [5.41, 5.74) is 0.139. The zero-order valence-corrected chi connectivity index (χ0v) is 18.8. The Labute approximate surface area is 185 Å². The van der Waals surface area contributed by atoms with Crippen LogP contribution in [0.4, 0.5) is 8.78 Å². The largest absolute Gasteiger partial charge is 0.385 e. The quantitative estimate of drug-likeness (QED) is 0.500. The molecule has 0 aromatic carbocycles. The number of halogens is 2. The maximum Gasteiger partial charge on any atom is 0.276 e. The number of nitrogens with zero attached hydrogens (tertiary/aromatic N) is 4. The first-order valence-electron chi connectivity index (χ1n) is 10.8. The molecule has 0 amide bonds. The van der Waals surface area contributed by atoms with E-state index in [4.69, 9.17) is 9.47 Å². The van der Waals surface area contributed by atoms with Crippen molar-refractivity contribution in [3.05, 3.63) is 52.8 Å². The second-order valence-electron chi connectivity index (χ2n) is 8.04. The van der Waals surface area contributed by atoms with Crippen LogP contribution in [0.3, 0.4) is 0 Å². The first-order chi connectivity index (χ1) is 15.4. The van der Waals surface area contributed by atoms with Gasteiger partial charge in [-0.25, -0.2) is 18.3 Å². The van der Waals surface area contributed by atoms with Crippen molar-refractivity contribution in [2.24, 2.45) is 0 Å². The number of hydrogen-bond acceptors (Lipinski definition) is 6. The van der Waals surface area contributed by atoms with Crippen LogP contribution in [0.5, 0.6) is 0 Å². The van der Waals surface area contributed by atoms with E-state index in [0.717, 1.165) is 24.7 Å². The van der Waals surface area contributed by atoms with Crippen molar-refractivity contribution in [3.8, 4) is 0 Å². The molecule has 8 nitrogen and oxygen atoms in total. The van der Waals surface area contributed by atoms with Crippen LogP contribution in [-0.2, 0) is 16.0 Å². The summed E-state index contributed by atoms with van der Waals surface area (Å²) in [5, 5.41) is 4.60. The van der Waals surface area contributed by atoms with E-state index in [2.05, 4.69) is 28.6 Å². The van der Waals surface area contributed by atoms with E-state index in [1.54, 1.807) is 11.6 Å². The molecule has 0 saturated carbocycles. The van der Waals surface area contributed by atoms with Gasteiger partial charge in [0.15, 0.2) is 5.52 Å². The van der Waals surface area contributed by atoms with E-state index in [9.17, 15) is 13.6 Å². The minimum Gasteiger partial charge on any atom is -0.385 e. The number of aromatic nitrogens is 4. The van der Waals surface area contributed by atoms with Crippen molar-refractivity contribution < 1.29 is 18.3 Å². The van der Waals surface area contributed by atoms with Crippen molar-refractivity contribution in [1.29, 1.82) is 0 Å². The molecule has 2 aromatic heterocycles. The summed E-state index contributed by atoms with van der Waals surface area (Å²) in [4.78, 5) is 21.7. The smallest absolute Gasteiger partial charge is 0.276 e. The predicted molar refractivity (Wildman–Crippen MR) is 117 cm³/mol. The van der Waals surface area contributed by atoms with E-state index < -0.39 is 18.1 Å². The van der Waals surface area contributed by atoms with E-state index in [0.29, 0.717) is 37.6 Å². The lowest BCUT2D eigenvalue weighted by atomic mass is 10.0. The number of rotatable bonds is 12. The molecule has 3 heterocycles. The molecule has 176 valence electrons. The van der Waals surface area contributed by atoms with Crippen LogP contribution in [0.25, 0.3) is 5.52 Å². The third kappa shape index (κ3) is 5.48. The average molecular weight is 452 g/mol. The van der Waals surface area contributed by atoms with Gasteiger partial charge in [0, 0.05) is 32.7 Å². The number of fused-ring (bicyclic) bond motifs is 1. The molecule has 3 unspecified atom stereocenters. The SMILES string of the molecule is C=CC=C(F)C(OC1CN(Cc2nn3c(C(CC)CCOC)ncc3c(=O)[nH]2)C1)C(C)F. The molecule has 1 saturated heterocycles. The zero-order chi connectivity index (χ0) is 23.3. The fourth-order valence-electron chi connectivity index (χ4n) is 3.84. The molecule has 0 spiro atoms. The normalized spacial score (nSPS) is 18.5. The van der Waals surface area contributed by atoms with Gasteiger partial charge in [-0.15, -0.1) is 0 Å². The summed E-state index contributed by atoms with van der Waals surface area (Å²) in [6, 6.07) is 0. The average Bonchev–Trinajstić information content (AvgIpc) is 3.14. The Balaban J connectivity index is 1.67. The molecule has 0 aliphatic carbocycles. The molecule has 1 aliphatic rings. The first-order valence-corrected chi connectivity index (χ1v) is 10.8. The third-order valence-electron chi connectivity index (χ3n) is 5.61. The maximum atomic E-state index is 14.0. The predicted octanol–water partition coefficient (Wildman–Crippen LogP) is 2.91. The topological polar surface area (TPSA) is 84.8 Å². The Morgan fingerprint density at radius 2 is 2.22 bits per heavy atom. The molecule has 3 atom stereocenters. The van der Waals surface area contributed by atoms with Gasteiger partial charge in [-0.1, -0.05) is 19.6 Å². The molecule has 1 N–H and O–H groups in total. The highest BCUT2D eigenvalue weighted by Crippen LogP contribution is 2.24. The Morgan fingerprint density at radius 3 is 2.84 bits per heavy atom. The number of likely N-dealkylation sites (tertiary alicyclic amines) is 1. The van der Waals surface area contributed by atoms with Crippen molar-refractivity contribution in [3.63, 3.8) is 0 Å². The lowest BCUT2D eigenvalue weighted by molar-refractivity contribution is -0.107. The van der Waals surface area contributed by atoms with E-state index >= 15 is 0 Å². The van der Waals surface area contributed by atoms with Crippen LogP contribution in [-0.4, -0.2) is 69.7 Å². The third-order valence-corrected chi connectivity index (χ3v) is 5.61. The molecule has 10 heteroatoms. The van der Waals surface area contributed by atoms with Crippen LogP contribution in [0.2, 0.25) is 0 Å². The molecular formula is C22H31F2N5O3. The monoisotopic (exact) mass is 451 g/mol. The fourth-order valence-corrected chi connectivity index (χ4v) is 3.84. The number of aromatic amines is 1. The van der Waals surface area contributed by atoms with E-state index in [-0.39, 0.29) is 17.6 Å². The molecule has 1 aliphatic heterocycles. The van der Waals surface area contributed by atoms with Gasteiger partial charge in [-0.05, 0) is 25.8 Å². The molecular weight excluding hydrogens is 420 g/mol. The van der Waals surface area contributed by atoms with Crippen molar-refractivity contribution >= 4 is 5.52 Å². The number of ether oxygens (including phenoxy) is 2. The van der Waals surface area contributed by atoms with Crippen molar-refractivity contribution in [2.75, 3.05) is 26.8 Å². The fraction of sp³-hybridized carbons (Fsp3) is 0.591. The van der Waals surface area contributed by atoms with Crippen LogP contribution in [0.15, 0.2) is 35.5 Å². The van der Waals surface area contributed by atoms with Gasteiger partial charge in [-0.2, -0.15) is 5.10 Å². The van der Waals surface area contributed by atoms with E-state index in [1.165, 1.54) is 19.2 Å². The Hall–Kier alpha value is -2.43. The van der Waals surface area contributed by atoms with E-state index in [1.807, 2.05) is 4.90 Å². The highest BCUT2D eigenvalue weighted by molar-refractivity contribution is 5.42. The lowest BCUT2D eigenvalue weighted by Crippen LogP contribution is -2.53. The summed E-state index contributed by atoms with van der Waals surface area (Å²) in [7, 11) is 1.65. The number of H-pyrrole nitrogens is 1. The number of allylic oxidation sites excluding steroid dienone is 2. The van der Waals surface area contributed by atoms with Gasteiger partial charge in [-0.3, -0.25) is 9.69 Å². The van der Waals surface area contributed by atoms with Gasteiger partial charge in [0.2, 0.25) is 0 Å². The Morgan fingerprint density at radius 1 is 1.47 bits per heavy atom. The number of alkyl halides is 1. The second kappa shape index (κ2) is 10.9. The molecule has 2 aromatic rings. The number of hydrogen-bond donors (Lipinski definition) is 1. The van der Waals surface area contributed by atoms with Gasteiger partial charge in [0.25, 0.3) is 5.56 Å². The molecule has 32 heavy (non-hydrogen) atoms. The molecule has 3 rings (SSSR count). The second-order valence-corrected chi connectivity index (χ2v) is 8.04. The summed E-state index contributed by atoms with van der Waals surface area (Å²) in [6.45, 7) is 8.70. The summed E-state index contributed by atoms with van der Waals surface area (Å²) < 4.78 is 40.1. The van der Waals surface area contributed by atoms with Gasteiger partial charge < -0.3 is 14.5 Å². The summed E-state index contributed by atoms with van der Waals surface area (Å²) >= 11 is 0. The first kappa shape index (κ1) is 24.2. The maximum absolute atomic E-state index is 14.0. The van der Waals surface area contributed by atoms with Crippen molar-refractivity contribution in [1.82, 2.24) is 24.5 Å². The van der Waals surface area contributed by atoms with Crippen LogP contribution in [0.1, 0.15) is 44.3 Å². The highest BCUT2D eigenvalue weighted by atomic mass is 19.1. The molecule has 0 radical (unpaired) electrons. The van der Waals surface area contributed by atoms with Gasteiger partial charge in [0.05, 0.1) is 18.8 Å². The van der Waals surface area contributed by atoms with Crippen molar-refractivity contribution in [2.45, 2.75) is 57.5 Å². The van der Waals surface area contributed by atoms with Crippen LogP contribution in [0, 0.1) is 0 Å². The Kier molecular flexibility index (Phi) is 8.27. The van der Waals surface area contributed by atoms with Gasteiger partial charge >= 0.3 is 0 Å². The summed E-state index contributed by atoms with van der Waals surface area (Å²) in [5.74, 6) is 0.673. The number of nitrogens with one attached hydrogen (secondary N) is 1. The molecule has 1 fully saturated rings. The van der Waals surface area contributed by atoms with Crippen LogP contribution < -0.4 is 5.56 Å².